The van der Waals surface area contributed by atoms with Gasteiger partial charge in [-0.1, -0.05) is 6.92 Å². The minimum absolute atomic E-state index is 0.360. The third-order valence-electron chi connectivity index (χ3n) is 2.39. The largest absolute Gasteiger partial charge is 0.394 e. The predicted molar refractivity (Wildman–Crippen MR) is 44.1 cm³/mol. The van der Waals surface area contributed by atoms with Gasteiger partial charge in [0.15, 0.2) is 0 Å². The van der Waals surface area contributed by atoms with E-state index < -0.39 is 30.5 Å². The maximum Gasteiger partial charge on any atom is 0.111 e. The minimum Gasteiger partial charge on any atom is -0.394 e. The van der Waals surface area contributed by atoms with Crippen LogP contribution in [0.15, 0.2) is 0 Å². The monoisotopic (exact) mass is 192 g/mol. The molecule has 1 unspecified atom stereocenters. The SMILES string of the molecule is CC[C@@H]1O[C@H](CO)[C@@H](O)[C@H](O)C1O. The molecule has 1 aliphatic rings. The molecule has 13 heavy (non-hydrogen) atoms. The van der Waals surface area contributed by atoms with Crippen molar-refractivity contribution in [2.75, 3.05) is 6.61 Å². The van der Waals surface area contributed by atoms with E-state index in [-0.39, 0.29) is 6.61 Å². The lowest BCUT2D eigenvalue weighted by Crippen LogP contribution is -2.58. The highest BCUT2D eigenvalue weighted by Crippen LogP contribution is 2.22. The molecular formula is C8H16O5. The van der Waals surface area contributed by atoms with Crippen LogP contribution in [0.1, 0.15) is 13.3 Å². The maximum absolute atomic E-state index is 9.40. The summed E-state index contributed by atoms with van der Waals surface area (Å²) >= 11 is 0. The zero-order chi connectivity index (χ0) is 10.0. The lowest BCUT2D eigenvalue weighted by Gasteiger charge is -2.39. The quantitative estimate of drug-likeness (QED) is 0.416. The molecule has 1 heterocycles. The summed E-state index contributed by atoms with van der Waals surface area (Å²) in [5, 5.41) is 36.9. The second-order valence-electron chi connectivity index (χ2n) is 3.28. The van der Waals surface area contributed by atoms with E-state index in [0.717, 1.165) is 0 Å². The molecule has 0 aliphatic carbocycles. The molecule has 0 radical (unpaired) electrons. The number of hydrogen-bond donors (Lipinski definition) is 4. The van der Waals surface area contributed by atoms with E-state index in [2.05, 4.69) is 0 Å². The summed E-state index contributed by atoms with van der Waals surface area (Å²) in [7, 11) is 0. The van der Waals surface area contributed by atoms with Crippen LogP contribution in [0.25, 0.3) is 0 Å². The van der Waals surface area contributed by atoms with Crippen molar-refractivity contribution in [2.24, 2.45) is 0 Å². The van der Waals surface area contributed by atoms with E-state index in [9.17, 15) is 15.3 Å². The van der Waals surface area contributed by atoms with Gasteiger partial charge in [0.25, 0.3) is 0 Å². The first-order valence-corrected chi connectivity index (χ1v) is 4.42. The topological polar surface area (TPSA) is 90.2 Å². The molecule has 1 aliphatic heterocycles. The van der Waals surface area contributed by atoms with Crippen molar-refractivity contribution in [3.05, 3.63) is 0 Å². The second kappa shape index (κ2) is 4.34. The van der Waals surface area contributed by atoms with E-state index >= 15 is 0 Å². The lowest BCUT2D eigenvalue weighted by atomic mass is 9.94. The smallest absolute Gasteiger partial charge is 0.111 e. The van der Waals surface area contributed by atoms with Gasteiger partial charge < -0.3 is 25.2 Å². The van der Waals surface area contributed by atoms with Gasteiger partial charge in [-0.3, -0.25) is 0 Å². The van der Waals surface area contributed by atoms with Gasteiger partial charge in [0.2, 0.25) is 0 Å². The van der Waals surface area contributed by atoms with Crippen LogP contribution in [0, 0.1) is 0 Å². The molecule has 1 fully saturated rings. The molecule has 0 saturated carbocycles. The van der Waals surface area contributed by atoms with E-state index in [1.165, 1.54) is 0 Å². The average Bonchev–Trinajstić information content (AvgIpc) is 2.15. The summed E-state index contributed by atoms with van der Waals surface area (Å²) in [6.07, 6.45) is -4.33. The molecule has 0 aromatic rings. The molecule has 0 bridgehead atoms. The van der Waals surface area contributed by atoms with Crippen LogP contribution in [0.4, 0.5) is 0 Å². The molecule has 1 rings (SSSR count). The summed E-state index contributed by atoms with van der Waals surface area (Å²) in [5.41, 5.74) is 0. The van der Waals surface area contributed by atoms with Crippen molar-refractivity contribution in [2.45, 2.75) is 43.9 Å². The Hall–Kier alpha value is -0.200. The fourth-order valence-corrected chi connectivity index (χ4v) is 1.52. The first kappa shape index (κ1) is 10.9. The molecule has 0 spiro atoms. The Labute approximate surface area is 76.6 Å². The van der Waals surface area contributed by atoms with Crippen molar-refractivity contribution < 1.29 is 25.2 Å². The third-order valence-corrected chi connectivity index (χ3v) is 2.39. The van der Waals surface area contributed by atoms with Crippen LogP contribution < -0.4 is 0 Å². The van der Waals surface area contributed by atoms with Crippen molar-refractivity contribution >= 4 is 0 Å². The molecule has 0 aromatic carbocycles. The second-order valence-corrected chi connectivity index (χ2v) is 3.28. The van der Waals surface area contributed by atoms with E-state index in [0.29, 0.717) is 6.42 Å². The van der Waals surface area contributed by atoms with Crippen molar-refractivity contribution in [3.63, 3.8) is 0 Å². The highest BCUT2D eigenvalue weighted by Gasteiger charge is 2.42. The molecule has 78 valence electrons. The number of aliphatic hydroxyl groups is 4. The fraction of sp³-hybridized carbons (Fsp3) is 1.00. The highest BCUT2D eigenvalue weighted by atomic mass is 16.5. The Kier molecular flexibility index (Phi) is 3.63. The third kappa shape index (κ3) is 2.00. The normalized spacial score (nSPS) is 46.4. The van der Waals surface area contributed by atoms with Crippen LogP contribution in [-0.4, -0.2) is 57.6 Å². The number of ether oxygens (including phenoxy) is 1. The fourth-order valence-electron chi connectivity index (χ4n) is 1.52. The number of hydrogen-bond acceptors (Lipinski definition) is 5. The van der Waals surface area contributed by atoms with E-state index in [1.807, 2.05) is 0 Å². The van der Waals surface area contributed by atoms with Crippen molar-refractivity contribution in [3.8, 4) is 0 Å². The minimum atomic E-state index is -1.24. The molecule has 1 saturated heterocycles. The average molecular weight is 192 g/mol. The summed E-state index contributed by atoms with van der Waals surface area (Å²) in [6, 6.07) is 0. The molecular weight excluding hydrogens is 176 g/mol. The maximum atomic E-state index is 9.40. The van der Waals surface area contributed by atoms with Gasteiger partial charge >= 0.3 is 0 Å². The van der Waals surface area contributed by atoms with Crippen LogP contribution in [0.3, 0.4) is 0 Å². The first-order valence-electron chi connectivity index (χ1n) is 4.42. The predicted octanol–water partition coefficient (Wildman–Crippen LogP) is -1.76. The van der Waals surface area contributed by atoms with Gasteiger partial charge in [0.05, 0.1) is 12.7 Å². The molecule has 5 nitrogen and oxygen atoms in total. The molecule has 4 N–H and O–H groups in total. The summed E-state index contributed by atoms with van der Waals surface area (Å²) in [6.45, 7) is 1.44. The van der Waals surface area contributed by atoms with Crippen LogP contribution >= 0.6 is 0 Å². The van der Waals surface area contributed by atoms with Gasteiger partial charge in [-0.05, 0) is 6.42 Å². The standard InChI is InChI=1S/C8H16O5/c1-2-4-6(10)8(12)7(11)5(3-9)13-4/h4-12H,2-3H2,1H3/t4-,5+,6?,7+,8+/m0/s1. The summed E-state index contributed by atoms with van der Waals surface area (Å²) in [4.78, 5) is 0. The van der Waals surface area contributed by atoms with Crippen LogP contribution in [0.2, 0.25) is 0 Å². The summed E-state index contributed by atoms with van der Waals surface area (Å²) in [5.74, 6) is 0. The van der Waals surface area contributed by atoms with Crippen molar-refractivity contribution in [1.29, 1.82) is 0 Å². The molecule has 0 aromatic heterocycles. The number of aliphatic hydroxyl groups excluding tert-OH is 4. The number of rotatable bonds is 2. The zero-order valence-corrected chi connectivity index (χ0v) is 7.50. The Balaban J connectivity index is 2.66. The van der Waals surface area contributed by atoms with Gasteiger partial charge in [-0.2, -0.15) is 0 Å². The van der Waals surface area contributed by atoms with Gasteiger partial charge in [-0.25, -0.2) is 0 Å². The summed E-state index contributed by atoms with van der Waals surface area (Å²) < 4.78 is 5.17. The van der Waals surface area contributed by atoms with Gasteiger partial charge in [0.1, 0.15) is 24.4 Å². The Bertz CT molecular complexity index is 143. The van der Waals surface area contributed by atoms with Gasteiger partial charge in [-0.15, -0.1) is 0 Å². The molecule has 5 atom stereocenters. The van der Waals surface area contributed by atoms with Crippen LogP contribution in [0.5, 0.6) is 0 Å². The zero-order valence-electron chi connectivity index (χ0n) is 7.50. The van der Waals surface area contributed by atoms with Crippen molar-refractivity contribution in [1.82, 2.24) is 0 Å². The Morgan fingerprint density at radius 1 is 1.00 bits per heavy atom. The van der Waals surface area contributed by atoms with E-state index in [1.54, 1.807) is 6.92 Å². The molecule has 5 heteroatoms. The van der Waals surface area contributed by atoms with Crippen LogP contribution in [-0.2, 0) is 4.74 Å². The Morgan fingerprint density at radius 2 is 1.54 bits per heavy atom. The highest BCUT2D eigenvalue weighted by molar-refractivity contribution is 4.91. The first-order chi connectivity index (χ1) is 6.11. The lowest BCUT2D eigenvalue weighted by molar-refractivity contribution is -0.229. The van der Waals surface area contributed by atoms with E-state index in [4.69, 9.17) is 9.84 Å². The Morgan fingerprint density at radius 3 is 2.00 bits per heavy atom. The molecule has 0 amide bonds. The van der Waals surface area contributed by atoms with Gasteiger partial charge in [0, 0.05) is 0 Å².